The summed E-state index contributed by atoms with van der Waals surface area (Å²) in [4.78, 5) is 18.5. The van der Waals surface area contributed by atoms with Gasteiger partial charge >= 0.3 is 0 Å². The van der Waals surface area contributed by atoms with Crippen LogP contribution in [0.4, 0.5) is 0 Å². The van der Waals surface area contributed by atoms with Crippen LogP contribution in [0.1, 0.15) is 59.4 Å². The summed E-state index contributed by atoms with van der Waals surface area (Å²) in [7, 11) is 0. The molecule has 0 aliphatic carbocycles. The molecule has 1 aromatic carbocycles. The fraction of sp³-hybridized carbons (Fsp3) is 0.375. The van der Waals surface area contributed by atoms with Crippen molar-refractivity contribution in [3.05, 3.63) is 77.4 Å². The summed E-state index contributed by atoms with van der Waals surface area (Å²) in [6, 6.07) is 14.0. The van der Waals surface area contributed by atoms with Gasteiger partial charge in [-0.2, -0.15) is 5.10 Å². The molecule has 4 rings (SSSR count). The topological polar surface area (TPSA) is 71.1 Å². The summed E-state index contributed by atoms with van der Waals surface area (Å²) in [6.45, 7) is 6.40. The highest BCUT2D eigenvalue weighted by Gasteiger charge is 2.29. The number of amides is 1. The predicted octanol–water partition coefficient (Wildman–Crippen LogP) is 4.18. The molecule has 2 aromatic heterocycles. The molecule has 0 bridgehead atoms. The van der Waals surface area contributed by atoms with Crippen LogP contribution in [0.2, 0.25) is 0 Å². The van der Waals surface area contributed by atoms with Crippen molar-refractivity contribution in [2.75, 3.05) is 19.7 Å². The number of carbonyl (C=O) groups is 1. The highest BCUT2D eigenvalue weighted by molar-refractivity contribution is 5.94. The standard InChI is InChI=1S/C24H28N4O2/c1-17(2)18-5-7-22(8-6-18)30-13-10-21-14-23(27-26-21)20-9-12-28(16-20)24(29)19-4-3-11-25-15-19/h3-8,11,14-15,17,20H,9-10,12-13,16H2,1-2H3,(H,26,27)/t20-/m1/s1. The minimum atomic E-state index is 0.0400. The zero-order chi connectivity index (χ0) is 20.9. The monoisotopic (exact) mass is 404 g/mol. The molecule has 1 aliphatic rings. The van der Waals surface area contributed by atoms with Crippen molar-refractivity contribution in [1.82, 2.24) is 20.1 Å². The average Bonchev–Trinajstić information content (AvgIpc) is 3.44. The lowest BCUT2D eigenvalue weighted by Gasteiger charge is -2.15. The SMILES string of the molecule is CC(C)c1ccc(OCCc2cc([C@@H]3CCN(C(=O)c4cccnc4)C3)n[nH]2)cc1. The van der Waals surface area contributed by atoms with Gasteiger partial charge in [-0.25, -0.2) is 0 Å². The van der Waals surface area contributed by atoms with Crippen LogP contribution in [0.3, 0.4) is 0 Å². The fourth-order valence-electron chi connectivity index (χ4n) is 3.80. The summed E-state index contributed by atoms with van der Waals surface area (Å²) < 4.78 is 5.87. The van der Waals surface area contributed by atoms with Crippen LogP contribution >= 0.6 is 0 Å². The molecule has 1 amide bonds. The molecule has 6 nitrogen and oxygen atoms in total. The van der Waals surface area contributed by atoms with E-state index >= 15 is 0 Å². The molecule has 1 aliphatic heterocycles. The molecule has 3 heterocycles. The summed E-state index contributed by atoms with van der Waals surface area (Å²) in [5.41, 5.74) is 4.03. The Kier molecular flexibility index (Phi) is 6.12. The third kappa shape index (κ3) is 4.70. The van der Waals surface area contributed by atoms with Crippen molar-refractivity contribution < 1.29 is 9.53 Å². The first-order valence-corrected chi connectivity index (χ1v) is 10.6. The van der Waals surface area contributed by atoms with Gasteiger partial charge in [-0.1, -0.05) is 26.0 Å². The van der Waals surface area contributed by atoms with Gasteiger partial charge in [-0.05, 0) is 48.2 Å². The van der Waals surface area contributed by atoms with Crippen LogP contribution in [0.15, 0.2) is 54.9 Å². The smallest absolute Gasteiger partial charge is 0.255 e. The van der Waals surface area contributed by atoms with E-state index in [0.29, 0.717) is 24.6 Å². The van der Waals surface area contributed by atoms with Crippen LogP contribution in [-0.4, -0.2) is 45.7 Å². The quantitative estimate of drug-likeness (QED) is 0.641. The van der Waals surface area contributed by atoms with Crippen LogP contribution < -0.4 is 4.74 Å². The predicted molar refractivity (Wildman–Crippen MR) is 116 cm³/mol. The third-order valence-electron chi connectivity index (χ3n) is 5.64. The van der Waals surface area contributed by atoms with Crippen molar-refractivity contribution in [2.45, 2.75) is 38.5 Å². The average molecular weight is 405 g/mol. The molecule has 0 saturated carbocycles. The van der Waals surface area contributed by atoms with Crippen LogP contribution in [-0.2, 0) is 6.42 Å². The number of aromatic amines is 1. The molecule has 1 atom stereocenters. The van der Waals surface area contributed by atoms with Crippen molar-refractivity contribution in [2.24, 2.45) is 0 Å². The molecular formula is C24H28N4O2. The molecule has 30 heavy (non-hydrogen) atoms. The second kappa shape index (κ2) is 9.11. The van der Waals surface area contributed by atoms with E-state index in [1.165, 1.54) is 5.56 Å². The third-order valence-corrected chi connectivity index (χ3v) is 5.64. The largest absolute Gasteiger partial charge is 0.493 e. The van der Waals surface area contributed by atoms with Gasteiger partial charge in [0.2, 0.25) is 0 Å². The molecule has 1 saturated heterocycles. The maximum Gasteiger partial charge on any atom is 0.255 e. The lowest BCUT2D eigenvalue weighted by molar-refractivity contribution is 0.0790. The van der Waals surface area contributed by atoms with E-state index in [9.17, 15) is 4.79 Å². The summed E-state index contributed by atoms with van der Waals surface area (Å²) in [5.74, 6) is 1.71. The number of benzene rings is 1. The van der Waals surface area contributed by atoms with Crippen molar-refractivity contribution in [1.29, 1.82) is 0 Å². The Labute approximate surface area is 177 Å². The van der Waals surface area contributed by atoms with Gasteiger partial charge in [-0.15, -0.1) is 0 Å². The number of hydrogen-bond acceptors (Lipinski definition) is 4. The molecule has 1 fully saturated rings. The van der Waals surface area contributed by atoms with Gasteiger partial charge in [0, 0.05) is 43.5 Å². The molecule has 3 aromatic rings. The van der Waals surface area contributed by atoms with Crippen LogP contribution in [0, 0.1) is 0 Å². The van der Waals surface area contributed by atoms with Crippen LogP contribution in [0.25, 0.3) is 0 Å². The van der Waals surface area contributed by atoms with Crippen molar-refractivity contribution in [3.63, 3.8) is 0 Å². The van der Waals surface area contributed by atoms with Crippen molar-refractivity contribution in [3.8, 4) is 5.75 Å². The Balaban J connectivity index is 1.27. The molecule has 0 spiro atoms. The number of aromatic nitrogens is 3. The van der Waals surface area contributed by atoms with E-state index in [-0.39, 0.29) is 11.8 Å². The minimum Gasteiger partial charge on any atom is -0.493 e. The van der Waals surface area contributed by atoms with E-state index in [2.05, 4.69) is 47.2 Å². The second-order valence-electron chi connectivity index (χ2n) is 8.12. The lowest BCUT2D eigenvalue weighted by atomic mass is 10.0. The van der Waals surface area contributed by atoms with E-state index in [1.807, 2.05) is 23.1 Å². The number of nitrogens with zero attached hydrogens (tertiary/aromatic N) is 3. The maximum atomic E-state index is 12.6. The van der Waals surface area contributed by atoms with Gasteiger partial charge < -0.3 is 9.64 Å². The Bertz CT molecular complexity index is 966. The van der Waals surface area contributed by atoms with Gasteiger partial charge in [0.15, 0.2) is 0 Å². The van der Waals surface area contributed by atoms with E-state index in [0.717, 1.165) is 36.5 Å². The fourth-order valence-corrected chi connectivity index (χ4v) is 3.80. The Morgan fingerprint density at radius 1 is 1.27 bits per heavy atom. The molecular weight excluding hydrogens is 376 g/mol. The Morgan fingerprint density at radius 2 is 2.10 bits per heavy atom. The number of carbonyl (C=O) groups excluding carboxylic acids is 1. The summed E-state index contributed by atoms with van der Waals surface area (Å²) >= 11 is 0. The number of rotatable bonds is 7. The summed E-state index contributed by atoms with van der Waals surface area (Å²) in [5, 5.41) is 7.62. The number of likely N-dealkylation sites (tertiary alicyclic amines) is 1. The zero-order valence-electron chi connectivity index (χ0n) is 17.5. The number of H-pyrrole nitrogens is 1. The molecule has 156 valence electrons. The maximum absolute atomic E-state index is 12.6. The van der Waals surface area contributed by atoms with Gasteiger partial charge in [-0.3, -0.25) is 14.9 Å². The number of hydrogen-bond donors (Lipinski definition) is 1. The second-order valence-corrected chi connectivity index (χ2v) is 8.12. The first kappa shape index (κ1) is 20.1. The van der Waals surface area contributed by atoms with E-state index < -0.39 is 0 Å². The molecule has 6 heteroatoms. The molecule has 1 N–H and O–H groups in total. The number of pyridine rings is 1. The zero-order valence-corrected chi connectivity index (χ0v) is 17.5. The summed E-state index contributed by atoms with van der Waals surface area (Å²) in [6.07, 6.45) is 5.00. The van der Waals surface area contributed by atoms with E-state index in [1.54, 1.807) is 18.5 Å². The Morgan fingerprint density at radius 3 is 2.83 bits per heavy atom. The minimum absolute atomic E-state index is 0.0400. The normalized spacial score (nSPS) is 16.2. The van der Waals surface area contributed by atoms with Crippen LogP contribution in [0.5, 0.6) is 5.75 Å². The van der Waals surface area contributed by atoms with Crippen molar-refractivity contribution >= 4 is 5.91 Å². The highest BCUT2D eigenvalue weighted by Crippen LogP contribution is 2.27. The molecule has 0 radical (unpaired) electrons. The highest BCUT2D eigenvalue weighted by atomic mass is 16.5. The lowest BCUT2D eigenvalue weighted by Crippen LogP contribution is -2.28. The first-order valence-electron chi connectivity index (χ1n) is 10.6. The van der Waals surface area contributed by atoms with Gasteiger partial charge in [0.1, 0.15) is 5.75 Å². The molecule has 0 unspecified atom stereocenters. The Hall–Kier alpha value is -3.15. The van der Waals surface area contributed by atoms with Gasteiger partial charge in [0.05, 0.1) is 17.9 Å². The first-order chi connectivity index (χ1) is 14.6. The number of nitrogens with one attached hydrogen (secondary N) is 1. The van der Waals surface area contributed by atoms with Gasteiger partial charge in [0.25, 0.3) is 5.91 Å². The number of ether oxygens (including phenoxy) is 1. The van der Waals surface area contributed by atoms with E-state index in [4.69, 9.17) is 4.74 Å².